The Labute approximate surface area is 118 Å². The van der Waals surface area contributed by atoms with Crippen LogP contribution < -0.4 is 4.90 Å². The lowest BCUT2D eigenvalue weighted by Gasteiger charge is -2.34. The van der Waals surface area contributed by atoms with Crippen LogP contribution in [-0.4, -0.2) is 28.7 Å². The summed E-state index contributed by atoms with van der Waals surface area (Å²) >= 11 is 1.57. The Morgan fingerprint density at radius 3 is 2.79 bits per heavy atom. The van der Waals surface area contributed by atoms with Gasteiger partial charge in [0.2, 0.25) is 0 Å². The van der Waals surface area contributed by atoms with Crippen molar-refractivity contribution in [2.45, 2.75) is 38.1 Å². The van der Waals surface area contributed by atoms with Crippen LogP contribution in [0.2, 0.25) is 0 Å². The fraction of sp³-hybridized carbons (Fsp3) is 0.533. The van der Waals surface area contributed by atoms with Gasteiger partial charge in [-0.15, -0.1) is 0 Å². The van der Waals surface area contributed by atoms with E-state index in [9.17, 15) is 5.11 Å². The minimum Gasteiger partial charge on any atom is -0.395 e. The lowest BCUT2D eigenvalue weighted by atomic mass is 9.94. The smallest absolute Gasteiger partial charge is 0.120 e. The van der Waals surface area contributed by atoms with Crippen molar-refractivity contribution in [3.05, 3.63) is 24.3 Å². The standard InChI is InChI=1S/C15H20N2OS/c18-11-10-17(12-6-2-1-3-7-12)15-13-8-4-5-9-14(13)16-19-15/h4-5,8-9,12,18H,1-3,6-7,10-11H2. The molecule has 0 aliphatic heterocycles. The number of aliphatic hydroxyl groups excluding tert-OH is 1. The van der Waals surface area contributed by atoms with Gasteiger partial charge >= 0.3 is 0 Å². The summed E-state index contributed by atoms with van der Waals surface area (Å²) in [5.41, 5.74) is 1.07. The van der Waals surface area contributed by atoms with E-state index in [1.165, 1.54) is 42.5 Å². The van der Waals surface area contributed by atoms with E-state index in [1.54, 1.807) is 11.5 Å². The first-order valence-corrected chi connectivity index (χ1v) is 7.89. The Balaban J connectivity index is 1.94. The zero-order chi connectivity index (χ0) is 13.1. The molecule has 1 heterocycles. The van der Waals surface area contributed by atoms with E-state index in [-0.39, 0.29) is 6.61 Å². The van der Waals surface area contributed by atoms with Crippen LogP contribution in [0.4, 0.5) is 5.00 Å². The summed E-state index contributed by atoms with van der Waals surface area (Å²) < 4.78 is 4.54. The van der Waals surface area contributed by atoms with Crippen LogP contribution >= 0.6 is 11.5 Å². The van der Waals surface area contributed by atoms with Gasteiger partial charge in [0.15, 0.2) is 0 Å². The second-order valence-corrected chi connectivity index (χ2v) is 5.97. The third kappa shape index (κ3) is 2.60. The molecule has 0 spiro atoms. The summed E-state index contributed by atoms with van der Waals surface area (Å²) in [6.45, 7) is 0.930. The maximum absolute atomic E-state index is 9.38. The molecule has 1 aromatic heterocycles. The highest BCUT2D eigenvalue weighted by atomic mass is 32.1. The van der Waals surface area contributed by atoms with Crippen molar-refractivity contribution in [1.82, 2.24) is 4.37 Å². The molecule has 19 heavy (non-hydrogen) atoms. The fourth-order valence-corrected chi connectivity index (χ4v) is 3.99. The molecule has 1 aliphatic carbocycles. The second kappa shape index (κ2) is 5.88. The van der Waals surface area contributed by atoms with E-state index >= 15 is 0 Å². The molecule has 3 nitrogen and oxygen atoms in total. The van der Waals surface area contributed by atoms with Crippen molar-refractivity contribution >= 4 is 27.4 Å². The Morgan fingerprint density at radius 1 is 1.21 bits per heavy atom. The summed E-state index contributed by atoms with van der Waals surface area (Å²) in [6.07, 6.45) is 6.46. The molecule has 1 fully saturated rings. The van der Waals surface area contributed by atoms with Crippen LogP contribution in [0, 0.1) is 0 Å². The third-order valence-electron chi connectivity index (χ3n) is 3.98. The van der Waals surface area contributed by atoms with Crippen LogP contribution in [0.25, 0.3) is 10.9 Å². The molecule has 2 aromatic rings. The van der Waals surface area contributed by atoms with Crippen molar-refractivity contribution in [1.29, 1.82) is 0 Å². The van der Waals surface area contributed by atoms with Crippen LogP contribution in [0.15, 0.2) is 24.3 Å². The topological polar surface area (TPSA) is 36.4 Å². The maximum Gasteiger partial charge on any atom is 0.120 e. The Bertz CT molecular complexity index is 534. The summed E-state index contributed by atoms with van der Waals surface area (Å²) in [5, 5.41) is 11.8. The molecule has 0 saturated heterocycles. The number of aromatic nitrogens is 1. The second-order valence-electron chi connectivity index (χ2n) is 5.21. The van der Waals surface area contributed by atoms with Gasteiger partial charge < -0.3 is 10.0 Å². The molecule has 1 aromatic carbocycles. The van der Waals surface area contributed by atoms with Gasteiger partial charge in [-0.3, -0.25) is 0 Å². The third-order valence-corrected chi connectivity index (χ3v) is 4.90. The molecule has 102 valence electrons. The van der Waals surface area contributed by atoms with E-state index in [1.807, 2.05) is 6.07 Å². The van der Waals surface area contributed by atoms with E-state index in [2.05, 4.69) is 27.5 Å². The summed E-state index contributed by atoms with van der Waals surface area (Å²) in [7, 11) is 0. The minimum absolute atomic E-state index is 0.211. The molecular formula is C15H20N2OS. The SMILES string of the molecule is OCCN(c1snc2ccccc12)C1CCCCC1. The number of nitrogens with zero attached hydrogens (tertiary/aromatic N) is 2. The van der Waals surface area contributed by atoms with Crippen molar-refractivity contribution in [2.75, 3.05) is 18.1 Å². The zero-order valence-electron chi connectivity index (χ0n) is 11.1. The first-order chi connectivity index (χ1) is 9.40. The van der Waals surface area contributed by atoms with Gasteiger partial charge in [-0.05, 0) is 36.5 Å². The molecule has 1 N–H and O–H groups in total. The Morgan fingerprint density at radius 2 is 2.00 bits per heavy atom. The highest BCUT2D eigenvalue weighted by Gasteiger charge is 2.23. The van der Waals surface area contributed by atoms with Gasteiger partial charge in [0, 0.05) is 18.0 Å². The Kier molecular flexibility index (Phi) is 3.99. The number of aliphatic hydroxyl groups is 1. The molecule has 1 aliphatic rings. The molecule has 1 saturated carbocycles. The molecule has 4 heteroatoms. The number of fused-ring (bicyclic) bond motifs is 1. The number of benzene rings is 1. The van der Waals surface area contributed by atoms with Gasteiger partial charge in [0.05, 0.1) is 12.1 Å². The fourth-order valence-electron chi connectivity index (χ4n) is 3.03. The zero-order valence-corrected chi connectivity index (χ0v) is 11.9. The first-order valence-electron chi connectivity index (χ1n) is 7.12. The molecule has 0 amide bonds. The van der Waals surface area contributed by atoms with Crippen molar-refractivity contribution in [3.8, 4) is 0 Å². The lowest BCUT2D eigenvalue weighted by molar-refractivity contribution is 0.290. The highest BCUT2D eigenvalue weighted by molar-refractivity contribution is 7.11. The molecule has 0 bridgehead atoms. The van der Waals surface area contributed by atoms with Crippen LogP contribution in [0.3, 0.4) is 0 Å². The summed E-state index contributed by atoms with van der Waals surface area (Å²) in [4.78, 5) is 2.39. The van der Waals surface area contributed by atoms with Crippen LogP contribution in [0.5, 0.6) is 0 Å². The van der Waals surface area contributed by atoms with E-state index in [0.717, 1.165) is 12.1 Å². The van der Waals surface area contributed by atoms with E-state index in [4.69, 9.17) is 0 Å². The van der Waals surface area contributed by atoms with Gasteiger partial charge in [-0.2, -0.15) is 4.37 Å². The number of hydrogen-bond donors (Lipinski definition) is 1. The van der Waals surface area contributed by atoms with Crippen molar-refractivity contribution < 1.29 is 5.11 Å². The minimum atomic E-state index is 0.211. The molecular weight excluding hydrogens is 256 g/mol. The summed E-state index contributed by atoms with van der Waals surface area (Å²) in [6, 6.07) is 8.88. The molecule has 3 rings (SSSR count). The van der Waals surface area contributed by atoms with E-state index < -0.39 is 0 Å². The molecule has 0 atom stereocenters. The monoisotopic (exact) mass is 276 g/mol. The summed E-state index contributed by atoms with van der Waals surface area (Å²) in [5.74, 6) is 0. The molecule has 0 unspecified atom stereocenters. The number of hydrogen-bond acceptors (Lipinski definition) is 4. The average Bonchev–Trinajstić information content (AvgIpc) is 2.89. The van der Waals surface area contributed by atoms with Gasteiger partial charge in [-0.1, -0.05) is 31.4 Å². The average molecular weight is 276 g/mol. The normalized spacial score (nSPS) is 16.9. The van der Waals surface area contributed by atoms with Gasteiger partial charge in [0.25, 0.3) is 0 Å². The Hall–Kier alpha value is -1.13. The van der Waals surface area contributed by atoms with Gasteiger partial charge in [0.1, 0.15) is 5.00 Å². The van der Waals surface area contributed by atoms with Crippen LogP contribution in [0.1, 0.15) is 32.1 Å². The van der Waals surface area contributed by atoms with Crippen molar-refractivity contribution in [2.24, 2.45) is 0 Å². The predicted octanol–water partition coefficient (Wildman–Crippen LogP) is 3.43. The first kappa shape index (κ1) is 12.9. The predicted molar refractivity (Wildman–Crippen MR) is 80.9 cm³/mol. The van der Waals surface area contributed by atoms with Gasteiger partial charge in [-0.25, -0.2) is 0 Å². The quantitative estimate of drug-likeness (QED) is 0.929. The highest BCUT2D eigenvalue weighted by Crippen LogP contribution is 2.35. The maximum atomic E-state index is 9.38. The largest absolute Gasteiger partial charge is 0.395 e. The van der Waals surface area contributed by atoms with E-state index in [0.29, 0.717) is 6.04 Å². The molecule has 0 radical (unpaired) electrons. The van der Waals surface area contributed by atoms with Crippen LogP contribution in [-0.2, 0) is 0 Å². The number of rotatable bonds is 4. The lowest BCUT2D eigenvalue weighted by Crippen LogP contribution is -2.38. The number of anilines is 1. The van der Waals surface area contributed by atoms with Crippen molar-refractivity contribution in [3.63, 3.8) is 0 Å².